The summed E-state index contributed by atoms with van der Waals surface area (Å²) in [5.41, 5.74) is 1.18. The SMILES string of the molecule is CCCOc1cccc(CCNC(=O)[C@H](C)N(C)C)c1. The Morgan fingerprint density at radius 1 is 1.40 bits per heavy atom. The van der Waals surface area contributed by atoms with Crippen molar-refractivity contribution in [2.24, 2.45) is 0 Å². The van der Waals surface area contributed by atoms with Gasteiger partial charge in [0.2, 0.25) is 5.91 Å². The van der Waals surface area contributed by atoms with E-state index >= 15 is 0 Å². The van der Waals surface area contributed by atoms with Crippen molar-refractivity contribution < 1.29 is 9.53 Å². The van der Waals surface area contributed by atoms with Crippen molar-refractivity contribution in [2.75, 3.05) is 27.2 Å². The van der Waals surface area contributed by atoms with Gasteiger partial charge < -0.3 is 10.1 Å². The van der Waals surface area contributed by atoms with Crippen molar-refractivity contribution in [3.05, 3.63) is 29.8 Å². The Bertz CT molecular complexity index is 419. The zero-order valence-electron chi connectivity index (χ0n) is 13.0. The zero-order chi connectivity index (χ0) is 15.0. The van der Waals surface area contributed by atoms with E-state index in [1.165, 1.54) is 5.56 Å². The molecule has 1 amide bonds. The van der Waals surface area contributed by atoms with Gasteiger partial charge in [0.05, 0.1) is 12.6 Å². The normalized spacial score (nSPS) is 12.2. The number of likely N-dealkylation sites (N-methyl/N-ethyl adjacent to an activating group) is 1. The zero-order valence-corrected chi connectivity index (χ0v) is 13.0. The van der Waals surface area contributed by atoms with Gasteiger partial charge in [-0.1, -0.05) is 19.1 Å². The Morgan fingerprint density at radius 3 is 2.80 bits per heavy atom. The molecule has 1 aromatic rings. The number of hydrogen-bond acceptors (Lipinski definition) is 3. The molecule has 0 heterocycles. The lowest BCUT2D eigenvalue weighted by Gasteiger charge is -2.18. The molecule has 1 aromatic carbocycles. The standard InChI is InChI=1S/C16H26N2O2/c1-5-11-20-15-8-6-7-14(12-15)9-10-17-16(19)13(2)18(3)4/h6-8,12-13H,5,9-11H2,1-4H3,(H,17,19)/t13-/m0/s1. The van der Waals surface area contributed by atoms with Crippen LogP contribution < -0.4 is 10.1 Å². The molecule has 4 nitrogen and oxygen atoms in total. The number of carbonyl (C=O) groups excluding carboxylic acids is 1. The van der Waals surface area contributed by atoms with E-state index in [4.69, 9.17) is 4.74 Å². The average Bonchev–Trinajstić information content (AvgIpc) is 2.44. The number of rotatable bonds is 8. The van der Waals surface area contributed by atoms with E-state index in [-0.39, 0.29) is 11.9 Å². The largest absolute Gasteiger partial charge is 0.494 e. The minimum atomic E-state index is -0.103. The second kappa shape index (κ2) is 8.59. The van der Waals surface area contributed by atoms with Crippen LogP contribution in [-0.4, -0.2) is 44.1 Å². The Balaban J connectivity index is 2.40. The number of benzene rings is 1. The molecule has 0 radical (unpaired) electrons. The average molecular weight is 278 g/mol. The van der Waals surface area contributed by atoms with Crippen molar-refractivity contribution >= 4 is 5.91 Å². The maximum absolute atomic E-state index is 11.8. The minimum absolute atomic E-state index is 0.0633. The third-order valence-corrected chi connectivity index (χ3v) is 3.24. The van der Waals surface area contributed by atoms with Crippen LogP contribution >= 0.6 is 0 Å². The smallest absolute Gasteiger partial charge is 0.237 e. The number of carbonyl (C=O) groups is 1. The van der Waals surface area contributed by atoms with Crippen molar-refractivity contribution in [3.63, 3.8) is 0 Å². The number of ether oxygens (including phenoxy) is 1. The highest BCUT2D eigenvalue weighted by Crippen LogP contribution is 2.13. The molecule has 1 atom stereocenters. The summed E-state index contributed by atoms with van der Waals surface area (Å²) in [6.45, 7) is 5.37. The molecule has 0 spiro atoms. The summed E-state index contributed by atoms with van der Waals surface area (Å²) < 4.78 is 5.60. The highest BCUT2D eigenvalue weighted by atomic mass is 16.5. The lowest BCUT2D eigenvalue weighted by Crippen LogP contribution is -2.42. The summed E-state index contributed by atoms with van der Waals surface area (Å²) in [6, 6.07) is 7.95. The van der Waals surface area contributed by atoms with Crippen LogP contribution in [0.1, 0.15) is 25.8 Å². The predicted octanol–water partition coefficient (Wildman–Crippen LogP) is 2.08. The molecule has 1 N–H and O–H groups in total. The number of nitrogens with one attached hydrogen (secondary N) is 1. The summed E-state index contributed by atoms with van der Waals surface area (Å²) in [5.74, 6) is 0.964. The fraction of sp³-hybridized carbons (Fsp3) is 0.562. The van der Waals surface area contributed by atoms with Gasteiger partial charge in [-0.15, -0.1) is 0 Å². The highest BCUT2D eigenvalue weighted by Gasteiger charge is 2.13. The Kier molecular flexibility index (Phi) is 7.09. The fourth-order valence-electron chi connectivity index (χ4n) is 1.72. The van der Waals surface area contributed by atoms with Gasteiger partial charge in [0.1, 0.15) is 5.75 Å². The molecule has 1 rings (SSSR count). The predicted molar refractivity (Wildman–Crippen MR) is 82.1 cm³/mol. The lowest BCUT2D eigenvalue weighted by molar-refractivity contribution is -0.124. The van der Waals surface area contributed by atoms with Crippen molar-refractivity contribution in [3.8, 4) is 5.75 Å². The third kappa shape index (κ3) is 5.61. The van der Waals surface area contributed by atoms with Gasteiger partial charge in [-0.3, -0.25) is 9.69 Å². The molecule has 0 aliphatic heterocycles. The molecule has 0 aliphatic carbocycles. The summed E-state index contributed by atoms with van der Waals surface area (Å²) in [7, 11) is 3.80. The summed E-state index contributed by atoms with van der Waals surface area (Å²) >= 11 is 0. The Labute approximate surface area is 122 Å². The van der Waals surface area contributed by atoms with Crippen LogP contribution in [0, 0.1) is 0 Å². The Hall–Kier alpha value is -1.55. The second-order valence-corrected chi connectivity index (χ2v) is 5.18. The topological polar surface area (TPSA) is 41.6 Å². The van der Waals surface area contributed by atoms with Crippen molar-refractivity contribution in [1.29, 1.82) is 0 Å². The molecule has 20 heavy (non-hydrogen) atoms. The molecule has 0 bridgehead atoms. The summed E-state index contributed by atoms with van der Waals surface area (Å²) in [4.78, 5) is 13.7. The number of amides is 1. The molecule has 0 saturated heterocycles. The first-order valence-corrected chi connectivity index (χ1v) is 7.20. The van der Waals surface area contributed by atoms with Gasteiger partial charge in [-0.25, -0.2) is 0 Å². The first-order chi connectivity index (χ1) is 9.54. The van der Waals surface area contributed by atoms with Crippen LogP contribution in [0.5, 0.6) is 5.75 Å². The first kappa shape index (κ1) is 16.5. The van der Waals surface area contributed by atoms with Gasteiger partial charge in [0, 0.05) is 6.54 Å². The molecule has 112 valence electrons. The van der Waals surface area contributed by atoms with E-state index in [1.807, 2.05) is 44.1 Å². The van der Waals surface area contributed by atoms with Gasteiger partial charge in [0.15, 0.2) is 0 Å². The quantitative estimate of drug-likeness (QED) is 0.791. The van der Waals surface area contributed by atoms with Gasteiger partial charge >= 0.3 is 0 Å². The van der Waals surface area contributed by atoms with E-state index < -0.39 is 0 Å². The van der Waals surface area contributed by atoms with Gasteiger partial charge in [-0.05, 0) is 51.6 Å². The van der Waals surface area contributed by atoms with E-state index in [0.717, 1.165) is 25.2 Å². The van der Waals surface area contributed by atoms with Gasteiger partial charge in [-0.2, -0.15) is 0 Å². The van der Waals surface area contributed by atoms with Crippen LogP contribution in [0.15, 0.2) is 24.3 Å². The highest BCUT2D eigenvalue weighted by molar-refractivity contribution is 5.81. The summed E-state index contributed by atoms with van der Waals surface area (Å²) in [6.07, 6.45) is 1.82. The molecule has 0 aliphatic rings. The second-order valence-electron chi connectivity index (χ2n) is 5.18. The lowest BCUT2D eigenvalue weighted by atomic mass is 10.1. The van der Waals surface area contributed by atoms with E-state index in [1.54, 1.807) is 0 Å². The van der Waals surface area contributed by atoms with Crippen LogP contribution in [0.3, 0.4) is 0 Å². The van der Waals surface area contributed by atoms with Crippen molar-refractivity contribution in [1.82, 2.24) is 10.2 Å². The maximum Gasteiger partial charge on any atom is 0.237 e. The number of nitrogens with zero attached hydrogens (tertiary/aromatic N) is 1. The monoisotopic (exact) mass is 278 g/mol. The Morgan fingerprint density at radius 2 is 2.15 bits per heavy atom. The van der Waals surface area contributed by atoms with Crippen LogP contribution in [-0.2, 0) is 11.2 Å². The third-order valence-electron chi connectivity index (χ3n) is 3.24. The molecule has 4 heteroatoms. The summed E-state index contributed by atoms with van der Waals surface area (Å²) in [5, 5.41) is 2.95. The molecular formula is C16H26N2O2. The van der Waals surface area contributed by atoms with Crippen LogP contribution in [0.4, 0.5) is 0 Å². The van der Waals surface area contributed by atoms with E-state index in [0.29, 0.717) is 6.54 Å². The first-order valence-electron chi connectivity index (χ1n) is 7.20. The fourth-order valence-corrected chi connectivity index (χ4v) is 1.72. The maximum atomic E-state index is 11.8. The number of hydrogen-bond donors (Lipinski definition) is 1. The molecule has 0 saturated carbocycles. The molecular weight excluding hydrogens is 252 g/mol. The van der Waals surface area contributed by atoms with E-state index in [2.05, 4.69) is 18.3 Å². The van der Waals surface area contributed by atoms with E-state index in [9.17, 15) is 4.79 Å². The van der Waals surface area contributed by atoms with Crippen molar-refractivity contribution in [2.45, 2.75) is 32.7 Å². The van der Waals surface area contributed by atoms with Crippen LogP contribution in [0.25, 0.3) is 0 Å². The molecule has 0 aromatic heterocycles. The van der Waals surface area contributed by atoms with Crippen LogP contribution in [0.2, 0.25) is 0 Å². The van der Waals surface area contributed by atoms with Gasteiger partial charge in [0.25, 0.3) is 0 Å². The molecule has 0 unspecified atom stereocenters. The minimum Gasteiger partial charge on any atom is -0.494 e. The molecule has 0 fully saturated rings.